The van der Waals surface area contributed by atoms with Crippen molar-refractivity contribution in [3.05, 3.63) is 161 Å². The summed E-state index contributed by atoms with van der Waals surface area (Å²) < 4.78 is 0. The molecule has 3 nitrogen and oxygen atoms in total. The van der Waals surface area contributed by atoms with Gasteiger partial charge in [-0.1, -0.05) is 235 Å². The number of aryl methyl sites for hydroxylation is 6. The van der Waals surface area contributed by atoms with E-state index in [1.54, 1.807) is 0 Å². The first-order chi connectivity index (χ1) is 34.0. The van der Waals surface area contributed by atoms with E-state index in [9.17, 15) is 0 Å². The molecule has 0 aliphatic heterocycles. The topological polar surface area (TPSA) is 38.7 Å². The second kappa shape index (κ2) is 36.1. The third-order valence-corrected chi connectivity index (χ3v) is 13.4. The second-order valence-corrected chi connectivity index (χ2v) is 19.5. The molecule has 0 spiro atoms. The SMILES string of the molecule is CCCCCCCc1ccc(-c2ccc(CCC)cc2)nc1.CCCCCCCc1ccc(-c2ccc(CCCC)cc2)nc1.CCCCCCCc1ccc(-c2ccc(CCCCC)cc2)nc1. The first-order valence-electron chi connectivity index (χ1n) is 28.1. The zero-order valence-corrected chi connectivity index (χ0v) is 44.6. The molecule has 0 aliphatic rings. The zero-order valence-electron chi connectivity index (χ0n) is 44.6. The molecule has 0 aliphatic carbocycles. The Hall–Kier alpha value is -4.89. The predicted molar refractivity (Wildman–Crippen MR) is 302 cm³/mol. The summed E-state index contributed by atoms with van der Waals surface area (Å²) in [4.78, 5) is 14.0. The highest BCUT2D eigenvalue weighted by Gasteiger charge is 2.05. The van der Waals surface area contributed by atoms with Gasteiger partial charge in [0.15, 0.2) is 0 Å². The van der Waals surface area contributed by atoms with Crippen molar-refractivity contribution in [3.8, 4) is 33.8 Å². The molecule has 6 aromatic rings. The van der Waals surface area contributed by atoms with E-state index in [2.05, 4.69) is 184 Å². The van der Waals surface area contributed by atoms with Gasteiger partial charge in [0.2, 0.25) is 0 Å². The maximum atomic E-state index is 4.67. The van der Waals surface area contributed by atoms with Gasteiger partial charge in [0, 0.05) is 35.3 Å². The summed E-state index contributed by atoms with van der Waals surface area (Å²) in [5, 5.41) is 0. The van der Waals surface area contributed by atoms with Crippen LogP contribution >= 0.6 is 0 Å². The quantitative estimate of drug-likeness (QED) is 0.0423. The Bertz CT molecular complexity index is 2120. The summed E-state index contributed by atoms with van der Waals surface area (Å²) in [6, 6.07) is 39.9. The van der Waals surface area contributed by atoms with Gasteiger partial charge in [0.05, 0.1) is 17.1 Å². The molecule has 0 fully saturated rings. The first-order valence-corrected chi connectivity index (χ1v) is 28.1. The molecule has 3 heteroatoms. The lowest BCUT2D eigenvalue weighted by molar-refractivity contribution is 0.632. The summed E-state index contributed by atoms with van der Waals surface area (Å²) in [6.07, 6.45) is 40.8. The standard InChI is InChI=1S/C23H33N.C22H31N.C21H29N/c1-3-5-7-8-10-12-21-15-18-23(24-19-21)22-16-13-20(14-17-22)11-9-6-4-2;1-3-5-7-8-9-11-20-14-17-22(23-18-20)21-15-12-19(13-16-21)10-6-4-2;1-3-5-6-7-8-10-19-13-16-21(22-17-19)20-14-11-18(9-4-2)12-15-20/h13-19H,3-12H2,1-2H3;12-18H,3-11H2,1-2H3;11-17H,3-10H2,1-2H3. The molecule has 0 amide bonds. The molecular weight excluding hydrogens is 835 g/mol. The molecule has 6 rings (SSSR count). The normalized spacial score (nSPS) is 10.9. The fourth-order valence-electron chi connectivity index (χ4n) is 8.80. The van der Waals surface area contributed by atoms with Crippen molar-refractivity contribution < 1.29 is 0 Å². The summed E-state index contributed by atoms with van der Waals surface area (Å²) in [7, 11) is 0. The Balaban J connectivity index is 0.000000226. The molecule has 0 saturated carbocycles. The molecule has 0 bridgehead atoms. The van der Waals surface area contributed by atoms with Crippen LogP contribution in [0.15, 0.2) is 128 Å². The van der Waals surface area contributed by atoms with Crippen molar-refractivity contribution in [2.45, 2.75) is 215 Å². The van der Waals surface area contributed by atoms with E-state index in [4.69, 9.17) is 0 Å². The van der Waals surface area contributed by atoms with E-state index in [-0.39, 0.29) is 0 Å². The third kappa shape index (κ3) is 23.5. The van der Waals surface area contributed by atoms with Gasteiger partial charge in [-0.15, -0.1) is 0 Å². The van der Waals surface area contributed by atoms with Crippen LogP contribution < -0.4 is 0 Å². The molecule has 0 radical (unpaired) electrons. The molecule has 0 atom stereocenters. The van der Waals surface area contributed by atoms with Crippen LogP contribution in [0, 0.1) is 0 Å². The Morgan fingerprint density at radius 3 is 0.754 bits per heavy atom. The number of benzene rings is 3. The molecule has 0 unspecified atom stereocenters. The number of nitrogens with zero attached hydrogens (tertiary/aromatic N) is 3. The van der Waals surface area contributed by atoms with E-state index >= 15 is 0 Å². The lowest BCUT2D eigenvalue weighted by Crippen LogP contribution is -1.90. The van der Waals surface area contributed by atoms with Gasteiger partial charge in [0.25, 0.3) is 0 Å². The molecule has 372 valence electrons. The molecule has 3 aromatic heterocycles. The van der Waals surface area contributed by atoms with Crippen molar-refractivity contribution in [2.24, 2.45) is 0 Å². The number of hydrogen-bond acceptors (Lipinski definition) is 3. The molecular formula is C66H93N3. The molecule has 3 heterocycles. The summed E-state index contributed by atoms with van der Waals surface area (Å²) in [6.45, 7) is 13.5. The smallest absolute Gasteiger partial charge is 0.0702 e. The highest BCUT2D eigenvalue weighted by molar-refractivity contribution is 5.61. The maximum absolute atomic E-state index is 4.67. The van der Waals surface area contributed by atoms with Crippen molar-refractivity contribution in [2.75, 3.05) is 0 Å². The van der Waals surface area contributed by atoms with E-state index < -0.39 is 0 Å². The van der Waals surface area contributed by atoms with Gasteiger partial charge in [-0.2, -0.15) is 0 Å². The van der Waals surface area contributed by atoms with Crippen LogP contribution in [0.5, 0.6) is 0 Å². The zero-order chi connectivity index (χ0) is 49.0. The highest BCUT2D eigenvalue weighted by Crippen LogP contribution is 2.23. The number of unbranched alkanes of at least 4 members (excludes halogenated alkanes) is 15. The van der Waals surface area contributed by atoms with Gasteiger partial charge in [0.1, 0.15) is 0 Å². The Morgan fingerprint density at radius 2 is 0.464 bits per heavy atom. The van der Waals surface area contributed by atoms with Crippen LogP contribution in [0.25, 0.3) is 33.8 Å². The van der Waals surface area contributed by atoms with Crippen LogP contribution in [-0.2, 0) is 38.5 Å². The minimum atomic E-state index is 1.08. The Kier molecular flexibility index (Phi) is 29.7. The minimum Gasteiger partial charge on any atom is -0.256 e. The van der Waals surface area contributed by atoms with Gasteiger partial charge >= 0.3 is 0 Å². The fraction of sp³-hybridized carbons (Fsp3) is 0.500. The van der Waals surface area contributed by atoms with Crippen LogP contribution in [0.1, 0.15) is 210 Å². The lowest BCUT2D eigenvalue weighted by atomic mass is 10.0. The number of rotatable bonds is 30. The van der Waals surface area contributed by atoms with Crippen molar-refractivity contribution in [1.29, 1.82) is 0 Å². The third-order valence-electron chi connectivity index (χ3n) is 13.4. The molecule has 0 N–H and O–H groups in total. The number of pyridine rings is 3. The van der Waals surface area contributed by atoms with Crippen molar-refractivity contribution in [1.82, 2.24) is 15.0 Å². The van der Waals surface area contributed by atoms with E-state index in [0.717, 1.165) is 42.8 Å². The van der Waals surface area contributed by atoms with Crippen LogP contribution in [-0.4, -0.2) is 15.0 Å². The average molecular weight is 928 g/mol. The van der Waals surface area contributed by atoms with Gasteiger partial charge < -0.3 is 0 Å². The van der Waals surface area contributed by atoms with Crippen molar-refractivity contribution >= 4 is 0 Å². The van der Waals surface area contributed by atoms with Crippen LogP contribution in [0.3, 0.4) is 0 Å². The monoisotopic (exact) mass is 928 g/mol. The van der Waals surface area contributed by atoms with E-state index in [0.29, 0.717) is 0 Å². The fourth-order valence-corrected chi connectivity index (χ4v) is 8.80. The number of aromatic nitrogens is 3. The van der Waals surface area contributed by atoms with Crippen molar-refractivity contribution in [3.63, 3.8) is 0 Å². The molecule has 69 heavy (non-hydrogen) atoms. The molecule has 0 saturated heterocycles. The second-order valence-electron chi connectivity index (χ2n) is 19.5. The minimum absolute atomic E-state index is 1.08. The van der Waals surface area contributed by atoms with E-state index in [1.165, 1.54) is 198 Å². The summed E-state index contributed by atoms with van der Waals surface area (Å²) in [5.41, 5.74) is 15.3. The van der Waals surface area contributed by atoms with Gasteiger partial charge in [-0.25, -0.2) is 0 Å². The van der Waals surface area contributed by atoms with Crippen LogP contribution in [0.2, 0.25) is 0 Å². The van der Waals surface area contributed by atoms with E-state index in [1.807, 2.05) is 0 Å². The van der Waals surface area contributed by atoms with Crippen LogP contribution in [0.4, 0.5) is 0 Å². The largest absolute Gasteiger partial charge is 0.256 e. The lowest BCUT2D eigenvalue weighted by Gasteiger charge is -2.06. The number of hydrogen-bond donors (Lipinski definition) is 0. The Labute approximate surface area is 422 Å². The first kappa shape index (κ1) is 56.7. The maximum Gasteiger partial charge on any atom is 0.0702 e. The Morgan fingerprint density at radius 1 is 0.217 bits per heavy atom. The van der Waals surface area contributed by atoms with Gasteiger partial charge in [-0.05, 0) is 122 Å². The highest BCUT2D eigenvalue weighted by atomic mass is 14.7. The summed E-state index contributed by atoms with van der Waals surface area (Å²) in [5.74, 6) is 0. The summed E-state index contributed by atoms with van der Waals surface area (Å²) >= 11 is 0. The average Bonchev–Trinajstić information content (AvgIpc) is 3.40. The molecule has 3 aromatic carbocycles. The predicted octanol–water partition coefficient (Wildman–Crippen LogP) is 19.8. The van der Waals surface area contributed by atoms with Gasteiger partial charge in [-0.3, -0.25) is 15.0 Å².